The Morgan fingerprint density at radius 1 is 0.586 bits per heavy atom. The van der Waals surface area contributed by atoms with Crippen LogP contribution < -0.4 is 0 Å². The Bertz CT molecular complexity index is 339. The fourth-order valence-electron chi connectivity index (χ4n) is 4.06. The predicted octanol–water partition coefficient (Wildman–Crippen LogP) is 9.25. The van der Waals surface area contributed by atoms with E-state index in [1.165, 1.54) is 103 Å². The minimum Gasteiger partial charge on any atom is -0.465 e. The lowest BCUT2D eigenvalue weighted by Gasteiger charge is -2.19. The first kappa shape index (κ1) is 28.5. The number of carbonyl (C=O) groups is 1. The highest BCUT2D eigenvalue weighted by atomic mass is 16.5. The summed E-state index contributed by atoms with van der Waals surface area (Å²) in [5.41, 5.74) is 0. The van der Waals surface area contributed by atoms with Gasteiger partial charge in [-0.25, -0.2) is 0 Å². The molecule has 0 aromatic heterocycles. The summed E-state index contributed by atoms with van der Waals surface area (Å²) in [6.07, 6.45) is 24.7. The van der Waals surface area contributed by atoms with Gasteiger partial charge in [-0.3, -0.25) is 4.79 Å². The summed E-state index contributed by atoms with van der Waals surface area (Å²) in [4.78, 5) is 12.3. The van der Waals surface area contributed by atoms with Crippen molar-refractivity contribution in [2.45, 2.75) is 150 Å². The molecule has 2 atom stereocenters. The van der Waals surface area contributed by atoms with Gasteiger partial charge in [0.1, 0.15) is 0 Å². The molecule has 2 nitrogen and oxygen atoms in total. The molecule has 0 fully saturated rings. The quantitative estimate of drug-likeness (QED) is 0.131. The van der Waals surface area contributed by atoms with Crippen molar-refractivity contribution in [1.29, 1.82) is 0 Å². The van der Waals surface area contributed by atoms with Gasteiger partial charge in [0.05, 0.1) is 12.5 Å². The summed E-state index contributed by atoms with van der Waals surface area (Å²) in [6.45, 7) is 9.41. The average Bonchev–Trinajstić information content (AvgIpc) is 2.73. The molecule has 0 bridgehead atoms. The first-order valence-electron chi connectivity index (χ1n) is 13.3. The van der Waals surface area contributed by atoms with Gasteiger partial charge in [-0.2, -0.15) is 0 Å². The Kier molecular flexibility index (Phi) is 21.8. The maximum atomic E-state index is 12.3. The van der Waals surface area contributed by atoms with E-state index in [1.54, 1.807) is 0 Å². The lowest BCUT2D eigenvalue weighted by atomic mass is 9.94. The van der Waals surface area contributed by atoms with Crippen molar-refractivity contribution in [2.75, 3.05) is 6.61 Å². The second-order valence-electron chi connectivity index (χ2n) is 9.36. The summed E-state index contributed by atoms with van der Waals surface area (Å²) in [7, 11) is 0. The van der Waals surface area contributed by atoms with Gasteiger partial charge in [-0.15, -0.1) is 0 Å². The molecule has 0 amide bonds. The molecule has 0 rings (SSSR count). The van der Waals surface area contributed by atoms with Crippen molar-refractivity contribution >= 4 is 5.97 Å². The van der Waals surface area contributed by atoms with Crippen LogP contribution in [0.1, 0.15) is 150 Å². The third-order valence-corrected chi connectivity index (χ3v) is 6.29. The maximum Gasteiger partial charge on any atom is 0.308 e. The van der Waals surface area contributed by atoms with Crippen LogP contribution in [0.15, 0.2) is 0 Å². The van der Waals surface area contributed by atoms with Crippen LogP contribution in [0, 0.1) is 11.8 Å². The number of rotatable bonds is 22. The van der Waals surface area contributed by atoms with Crippen molar-refractivity contribution in [1.82, 2.24) is 0 Å². The largest absolute Gasteiger partial charge is 0.465 e. The van der Waals surface area contributed by atoms with Gasteiger partial charge in [0.25, 0.3) is 0 Å². The van der Waals surface area contributed by atoms with Gasteiger partial charge in [-0.1, -0.05) is 130 Å². The first-order valence-corrected chi connectivity index (χ1v) is 13.3. The first-order chi connectivity index (χ1) is 14.2. The fraction of sp³-hybridized carbons (Fsp3) is 0.963. The molecule has 0 spiro atoms. The van der Waals surface area contributed by atoms with Gasteiger partial charge in [-0.05, 0) is 25.2 Å². The van der Waals surface area contributed by atoms with Crippen molar-refractivity contribution in [3.8, 4) is 0 Å². The van der Waals surface area contributed by atoms with Crippen molar-refractivity contribution in [3.05, 3.63) is 0 Å². The molecule has 174 valence electrons. The Morgan fingerprint density at radius 3 is 1.45 bits per heavy atom. The molecule has 2 heteroatoms. The smallest absolute Gasteiger partial charge is 0.308 e. The van der Waals surface area contributed by atoms with E-state index in [-0.39, 0.29) is 11.9 Å². The van der Waals surface area contributed by atoms with E-state index in [2.05, 4.69) is 20.8 Å². The molecule has 0 aliphatic heterocycles. The van der Waals surface area contributed by atoms with Crippen LogP contribution in [-0.2, 0) is 9.53 Å². The van der Waals surface area contributed by atoms with E-state index in [0.29, 0.717) is 12.5 Å². The minimum atomic E-state index is 0.0299. The van der Waals surface area contributed by atoms with Gasteiger partial charge in [0.2, 0.25) is 0 Å². The van der Waals surface area contributed by atoms with Crippen molar-refractivity contribution in [3.63, 3.8) is 0 Å². The fourth-order valence-corrected chi connectivity index (χ4v) is 4.06. The third-order valence-electron chi connectivity index (χ3n) is 6.29. The second kappa shape index (κ2) is 22.2. The van der Waals surface area contributed by atoms with Crippen LogP contribution in [-0.4, -0.2) is 12.6 Å². The van der Waals surface area contributed by atoms with Crippen LogP contribution in [0.3, 0.4) is 0 Å². The SMILES string of the molecule is CCCCCCCCCCC(CCCCCCCC)COC(=O)C(C)CCCC. The van der Waals surface area contributed by atoms with Crippen molar-refractivity contribution < 1.29 is 9.53 Å². The second-order valence-corrected chi connectivity index (χ2v) is 9.36. The van der Waals surface area contributed by atoms with E-state index in [1.807, 2.05) is 6.92 Å². The monoisotopic (exact) mass is 410 g/mol. The van der Waals surface area contributed by atoms with E-state index >= 15 is 0 Å². The number of carbonyl (C=O) groups excluding carboxylic acids is 1. The van der Waals surface area contributed by atoms with E-state index in [9.17, 15) is 4.79 Å². The average molecular weight is 411 g/mol. The molecule has 2 unspecified atom stereocenters. The van der Waals surface area contributed by atoms with Gasteiger partial charge in [0.15, 0.2) is 0 Å². The predicted molar refractivity (Wildman–Crippen MR) is 128 cm³/mol. The highest BCUT2D eigenvalue weighted by molar-refractivity contribution is 5.71. The zero-order chi connectivity index (χ0) is 21.6. The molecule has 0 saturated heterocycles. The van der Waals surface area contributed by atoms with Gasteiger partial charge >= 0.3 is 5.97 Å². The zero-order valence-electron chi connectivity index (χ0n) is 20.6. The van der Waals surface area contributed by atoms with E-state index in [4.69, 9.17) is 4.74 Å². The molecule has 0 aliphatic carbocycles. The summed E-state index contributed by atoms with van der Waals surface area (Å²) < 4.78 is 5.74. The summed E-state index contributed by atoms with van der Waals surface area (Å²) >= 11 is 0. The van der Waals surface area contributed by atoms with Gasteiger partial charge in [0, 0.05) is 0 Å². The number of unbranched alkanes of at least 4 members (excludes halogenated alkanes) is 13. The zero-order valence-corrected chi connectivity index (χ0v) is 20.6. The molecule has 0 radical (unpaired) electrons. The third kappa shape index (κ3) is 19.2. The Hall–Kier alpha value is -0.530. The normalized spacial score (nSPS) is 13.4. The topological polar surface area (TPSA) is 26.3 Å². The molecule has 0 heterocycles. The molecular formula is C27H54O2. The molecule has 0 aliphatic rings. The minimum absolute atomic E-state index is 0.0299. The van der Waals surface area contributed by atoms with Crippen LogP contribution in [0.4, 0.5) is 0 Å². The molecule has 0 aromatic carbocycles. The van der Waals surface area contributed by atoms with E-state index in [0.717, 1.165) is 19.3 Å². The van der Waals surface area contributed by atoms with Gasteiger partial charge < -0.3 is 4.74 Å². The van der Waals surface area contributed by atoms with Crippen LogP contribution >= 0.6 is 0 Å². The molecule has 0 saturated carbocycles. The highest BCUT2D eigenvalue weighted by Crippen LogP contribution is 2.21. The number of esters is 1. The Balaban J connectivity index is 4.09. The molecule has 29 heavy (non-hydrogen) atoms. The van der Waals surface area contributed by atoms with E-state index < -0.39 is 0 Å². The maximum absolute atomic E-state index is 12.3. The lowest BCUT2D eigenvalue weighted by Crippen LogP contribution is -2.19. The van der Waals surface area contributed by atoms with Crippen molar-refractivity contribution in [2.24, 2.45) is 11.8 Å². The molecular weight excluding hydrogens is 356 g/mol. The summed E-state index contributed by atoms with van der Waals surface area (Å²) in [5.74, 6) is 0.665. The van der Waals surface area contributed by atoms with Crippen LogP contribution in [0.25, 0.3) is 0 Å². The number of hydrogen-bond donors (Lipinski definition) is 0. The Labute approximate surface area is 184 Å². The number of hydrogen-bond acceptors (Lipinski definition) is 2. The highest BCUT2D eigenvalue weighted by Gasteiger charge is 2.17. The summed E-state index contributed by atoms with van der Waals surface area (Å²) in [5, 5.41) is 0. The van der Waals surface area contributed by atoms with Crippen LogP contribution in [0.5, 0.6) is 0 Å². The summed E-state index contributed by atoms with van der Waals surface area (Å²) in [6, 6.07) is 0. The van der Waals surface area contributed by atoms with Crippen LogP contribution in [0.2, 0.25) is 0 Å². The standard InChI is InChI=1S/C27H54O2/c1-5-8-11-13-15-16-18-20-23-26(22-19-17-14-12-9-6-2)24-29-27(28)25(4)21-10-7-3/h25-26H,5-24H2,1-4H3. The molecule has 0 aromatic rings. The number of ether oxygens (including phenoxy) is 1. The Morgan fingerprint density at radius 2 is 1.00 bits per heavy atom. The lowest BCUT2D eigenvalue weighted by molar-refractivity contribution is -0.149. The molecule has 0 N–H and O–H groups in total.